The predicted molar refractivity (Wildman–Crippen MR) is 439 cm³/mol. The van der Waals surface area contributed by atoms with Gasteiger partial charge in [0.2, 0.25) is 5.69 Å². The average Bonchev–Trinajstić information content (AvgIpc) is 1.61. The van der Waals surface area contributed by atoms with Gasteiger partial charge in [-0.25, -0.2) is 50.5 Å². The summed E-state index contributed by atoms with van der Waals surface area (Å²) in [6.45, 7) is 53.5. The van der Waals surface area contributed by atoms with Crippen molar-refractivity contribution in [1.82, 2.24) is 0 Å². The Morgan fingerprint density at radius 2 is 0.667 bits per heavy atom. The molecule has 4 fully saturated rings. The lowest BCUT2D eigenvalue weighted by molar-refractivity contribution is -0.121. The van der Waals surface area contributed by atoms with Gasteiger partial charge in [0.25, 0.3) is 23.6 Å². The van der Waals surface area contributed by atoms with Crippen molar-refractivity contribution in [1.29, 1.82) is 0 Å². The van der Waals surface area contributed by atoms with Crippen molar-refractivity contribution >= 4 is 179 Å². The number of aryl methyl sites for hydroxylation is 3. The average molecular weight is 1600 g/mol. The quantitative estimate of drug-likeness (QED) is 0.0555. The lowest BCUT2D eigenvalue weighted by Crippen LogP contribution is -2.44. The van der Waals surface area contributed by atoms with Gasteiger partial charge in [0.15, 0.2) is 43.3 Å². The Hall–Kier alpha value is -11.5. The molecular weight excluding hydrogens is 1530 g/mol. The molecule has 8 aromatic rings. The van der Waals surface area contributed by atoms with Gasteiger partial charge in [-0.05, 0) is 265 Å². The fourth-order valence-corrected chi connectivity index (χ4v) is 14.8. The fourth-order valence-electron chi connectivity index (χ4n) is 12.5. The van der Waals surface area contributed by atoms with Crippen molar-refractivity contribution in [2.45, 2.75) is 133 Å². The Morgan fingerprint density at radius 1 is 0.405 bits per heavy atom. The van der Waals surface area contributed by atoms with E-state index in [9.17, 15) is 50.3 Å². The summed E-state index contributed by atoms with van der Waals surface area (Å²) in [6, 6.07) is 34.5. The molecule has 12 rings (SSSR count). The zero-order valence-electron chi connectivity index (χ0n) is 62.0. The minimum atomic E-state index is -1.13. The third kappa shape index (κ3) is 15.2. The minimum Gasteiger partial charge on any atom is -0.462 e. The zero-order chi connectivity index (χ0) is 81.6. The van der Waals surface area contributed by atoms with E-state index in [-0.39, 0.29) is 108 Å². The van der Waals surface area contributed by atoms with Gasteiger partial charge in [0.05, 0.1) is 66.2 Å². The molecule has 0 aliphatic carbocycles. The van der Waals surface area contributed by atoms with Gasteiger partial charge in [0, 0.05) is 22.7 Å². The lowest BCUT2D eigenvalue weighted by atomic mass is 10.0. The number of thiocarbonyl (C=S) groups is 4. The predicted octanol–water partition coefficient (Wildman–Crippen LogP) is 20.8. The Labute approximate surface area is 666 Å². The maximum absolute atomic E-state index is 15.0. The van der Waals surface area contributed by atoms with Crippen LogP contribution in [0.2, 0.25) is 5.02 Å². The van der Waals surface area contributed by atoms with Gasteiger partial charge in [-0.1, -0.05) is 73.1 Å². The molecule has 18 nitrogen and oxygen atoms in total. The van der Waals surface area contributed by atoms with Crippen molar-refractivity contribution < 1.29 is 55.1 Å². The van der Waals surface area contributed by atoms with E-state index in [0.29, 0.717) is 33.8 Å². The van der Waals surface area contributed by atoms with Gasteiger partial charge in [-0.3, -0.25) is 38.8 Å². The van der Waals surface area contributed by atoms with Crippen LogP contribution in [0, 0.1) is 103 Å². The van der Waals surface area contributed by atoms with Crippen LogP contribution in [0.5, 0.6) is 0 Å². The molecule has 0 saturated carbocycles. The summed E-state index contributed by atoms with van der Waals surface area (Å²) in [5.74, 6) is -5.73. The van der Waals surface area contributed by atoms with Gasteiger partial charge < -0.3 is 24.3 Å². The number of amides is 4. The van der Waals surface area contributed by atoms with Crippen LogP contribution < -0.4 is 39.2 Å². The van der Waals surface area contributed by atoms with Crippen LogP contribution in [-0.4, -0.2) is 78.8 Å². The van der Waals surface area contributed by atoms with Crippen molar-refractivity contribution in [3.8, 4) is 0 Å². The molecule has 0 N–H and O–H groups in total. The lowest BCUT2D eigenvalue weighted by Gasteiger charge is -2.29. The number of carbonyl (C=O) groups is 5. The highest BCUT2D eigenvalue weighted by atomic mass is 35.5. The first-order valence-electron chi connectivity index (χ1n) is 33.5. The molecule has 8 aromatic carbocycles. The fraction of sp³-hybridized carbons (Fsp3) is 0.256. The molecule has 4 aliphatic rings. The number of rotatable bonds is 10. The first-order chi connectivity index (χ1) is 51.6. The molecule has 4 heterocycles. The zero-order valence-corrected chi connectivity index (χ0v) is 66.0. The normalized spacial score (nSPS) is 15.7. The highest BCUT2D eigenvalue weighted by Gasteiger charge is 2.55. The number of nitrogens with zero attached hydrogens (tertiary/aromatic N) is 12. The molecular formula is C82H73ClF6N12O6S4. The SMILES string of the molecule is C.[C-]#[N+]c1ccc(N2C(=O)C(C)(C)N(c3ccc(C(=O)OCC)cc3)C2=S)c(F)c1C.[C-]#[N+]c1ccc(N2C(=O)C(C)(C)N(c3ccc(C)c(F)c3)C2=S)c(F)c1C.[C-]#[N+]c1ccc(N2C(=O)C(C)(C)N(c3ccc(C)c(F)c3)C2=S)c(F)c1C.[C-]#[N+]c1ccc(N2C(=O)C(C)(C)N(c3ccc(C)cc3)C2=S)c(F)c1Cl. The number of ether oxygens (including phenoxy) is 1. The molecule has 4 aliphatic heterocycles. The molecule has 0 bridgehead atoms. The molecule has 29 heteroatoms. The van der Waals surface area contributed by atoms with Crippen LogP contribution >= 0.6 is 60.5 Å². The highest BCUT2D eigenvalue weighted by Crippen LogP contribution is 2.46. The van der Waals surface area contributed by atoms with E-state index in [1.165, 1.54) is 91.2 Å². The second-order valence-electron chi connectivity index (χ2n) is 27.5. The van der Waals surface area contributed by atoms with Crippen molar-refractivity contribution in [2.24, 2.45) is 0 Å². The number of carbonyl (C=O) groups excluding carboxylic acids is 5. The monoisotopic (exact) mass is 1600 g/mol. The van der Waals surface area contributed by atoms with Gasteiger partial charge in [-0.15, -0.1) is 0 Å². The minimum absolute atomic E-state index is 0. The third-order valence-electron chi connectivity index (χ3n) is 18.9. The number of hydrogen-bond acceptors (Lipinski definition) is 10. The van der Waals surface area contributed by atoms with Crippen LogP contribution in [0.1, 0.15) is 113 Å². The Balaban J connectivity index is 0.000000186. The van der Waals surface area contributed by atoms with Gasteiger partial charge in [0.1, 0.15) is 51.2 Å². The van der Waals surface area contributed by atoms with Crippen molar-refractivity contribution in [3.05, 3.63) is 258 Å². The molecule has 570 valence electrons. The van der Waals surface area contributed by atoms with E-state index in [2.05, 4.69) is 19.4 Å². The molecule has 111 heavy (non-hydrogen) atoms. The summed E-state index contributed by atoms with van der Waals surface area (Å²) in [5, 5.41) is 0.0704. The topological polar surface area (TPSA) is 138 Å². The Morgan fingerprint density at radius 3 is 0.946 bits per heavy atom. The third-order valence-corrected chi connectivity index (χ3v) is 20.7. The van der Waals surface area contributed by atoms with Crippen LogP contribution in [0.15, 0.2) is 133 Å². The second-order valence-corrected chi connectivity index (χ2v) is 29.4. The smallest absolute Gasteiger partial charge is 0.338 e. The van der Waals surface area contributed by atoms with E-state index in [1.807, 2.05) is 31.2 Å². The summed E-state index contributed by atoms with van der Waals surface area (Å²) in [7, 11) is 0. The second kappa shape index (κ2) is 32.6. The number of benzene rings is 8. The molecule has 0 atom stereocenters. The van der Waals surface area contributed by atoms with Crippen LogP contribution in [0.4, 0.5) is 94.6 Å². The number of halogens is 7. The van der Waals surface area contributed by atoms with E-state index >= 15 is 0 Å². The summed E-state index contributed by atoms with van der Waals surface area (Å²) >= 11 is 27.9. The molecule has 4 amide bonds. The summed E-state index contributed by atoms with van der Waals surface area (Å²) in [4.78, 5) is 88.1. The van der Waals surface area contributed by atoms with Crippen molar-refractivity contribution in [2.75, 3.05) is 45.8 Å². The summed E-state index contributed by atoms with van der Waals surface area (Å²) < 4.78 is 92.6. The van der Waals surface area contributed by atoms with E-state index < -0.39 is 80.7 Å². The first kappa shape index (κ1) is 85.1. The first-order valence-corrected chi connectivity index (χ1v) is 35.5. The van der Waals surface area contributed by atoms with Crippen molar-refractivity contribution in [3.63, 3.8) is 0 Å². The number of hydrogen-bond donors (Lipinski definition) is 0. The van der Waals surface area contributed by atoms with E-state index in [4.69, 9.17) is 91.5 Å². The Bertz CT molecular complexity index is 5280. The summed E-state index contributed by atoms with van der Waals surface area (Å²) in [6.07, 6.45) is 0. The summed E-state index contributed by atoms with van der Waals surface area (Å²) in [5.41, 5.74) is 1.12. The largest absolute Gasteiger partial charge is 0.462 e. The molecule has 0 unspecified atom stereocenters. The number of anilines is 8. The number of esters is 1. The molecule has 0 radical (unpaired) electrons. The highest BCUT2D eigenvalue weighted by molar-refractivity contribution is 7.81. The standard InChI is InChI=1S/C22H20FN3O3S.2C20H17F2N3OS.C19H15ClFN3OS.CH4/c1-6-29-19(27)14-7-9-15(10-8-14)26-21(30)25(20(28)22(26,3)4)17-12-11-16(24-5)13(2)18(17)23;2*1-11-6-7-13(10-14(11)21)25-19(27)24(18(26)20(25,3)4)16-9-8-15(23-5)12(2)17(16)22;1-11-5-7-12(8-6-11)24-18(26)23(17(25)19(24,2)3)14-10-9-13(22-4)15(20)16(14)21;/h7-12H,6H2,1-4H3;2*6-10H,1-4H3;5-10H,1-3H3;1H4. The van der Waals surface area contributed by atoms with Gasteiger partial charge >= 0.3 is 5.97 Å². The van der Waals surface area contributed by atoms with Gasteiger partial charge in [-0.2, -0.15) is 0 Å². The van der Waals surface area contributed by atoms with Crippen LogP contribution in [0.25, 0.3) is 19.4 Å². The molecule has 0 spiro atoms. The van der Waals surface area contributed by atoms with E-state index in [0.717, 1.165) is 30.9 Å². The molecule has 0 aromatic heterocycles. The Kier molecular flexibility index (Phi) is 25.0. The van der Waals surface area contributed by atoms with E-state index in [1.54, 1.807) is 134 Å². The maximum Gasteiger partial charge on any atom is 0.338 e. The maximum atomic E-state index is 15.0. The molecule has 4 saturated heterocycles. The van der Waals surface area contributed by atoms with Crippen LogP contribution in [-0.2, 0) is 23.9 Å². The van der Waals surface area contributed by atoms with Crippen LogP contribution in [0.3, 0.4) is 0 Å².